The molecule has 8 aliphatic rings. The molecule has 7 heterocycles. The smallest absolute Gasteiger partial charge is 0.396 e. The predicted molar refractivity (Wildman–Crippen MR) is 293 cm³/mol. The molecule has 8 rings (SSSR count). The van der Waals surface area contributed by atoms with Crippen LogP contribution < -0.4 is 0 Å². The topological polar surface area (TPSA) is 197 Å². The van der Waals surface area contributed by atoms with Crippen LogP contribution in [0.2, 0.25) is 156 Å². The molecular formula is C33H86O21Si16. The Morgan fingerprint density at radius 1 is 0.329 bits per heavy atom. The molecule has 1 saturated carbocycles. The summed E-state index contributed by atoms with van der Waals surface area (Å²) in [4.78, 5) is 0. The average Bonchev–Trinajstić information content (AvgIpc) is 3.80. The predicted octanol–water partition coefficient (Wildman–Crippen LogP) is 8.66. The molecule has 0 aromatic carbocycles. The van der Waals surface area contributed by atoms with Gasteiger partial charge in [0.2, 0.25) is 0 Å². The second-order valence-electron chi connectivity index (χ2n) is 26.1. The van der Waals surface area contributed by atoms with E-state index in [0.29, 0.717) is 30.2 Å². The van der Waals surface area contributed by atoms with E-state index in [1.165, 1.54) is 0 Å². The van der Waals surface area contributed by atoms with Crippen LogP contribution in [0, 0.1) is 5.92 Å². The van der Waals surface area contributed by atoms with E-state index in [0.717, 1.165) is 31.7 Å². The van der Waals surface area contributed by atoms with Gasteiger partial charge in [0.15, 0.2) is 66.5 Å². The third-order valence-corrected chi connectivity index (χ3v) is 65.4. The zero-order valence-corrected chi connectivity index (χ0v) is 62.3. The van der Waals surface area contributed by atoms with E-state index in [2.05, 4.69) is 13.8 Å². The van der Waals surface area contributed by atoms with E-state index in [9.17, 15) is 0 Å². The molecule has 37 heteroatoms. The molecule has 0 radical (unpaired) electrons. The monoisotopic (exact) mass is 1270 g/mol. The highest BCUT2D eigenvalue weighted by molar-refractivity contribution is 7.04. The van der Waals surface area contributed by atoms with Crippen LogP contribution in [0.25, 0.3) is 0 Å². The lowest BCUT2D eigenvalue weighted by Crippen LogP contribution is -2.93. The molecule has 3 unspecified atom stereocenters. The molecule has 8 fully saturated rings. The van der Waals surface area contributed by atoms with E-state index in [1.807, 2.05) is 137 Å². The third kappa shape index (κ3) is 15.3. The first kappa shape index (κ1) is 60.3. The van der Waals surface area contributed by atoms with E-state index < -0.39 is 139 Å². The highest BCUT2D eigenvalue weighted by Gasteiger charge is 2.92. The van der Waals surface area contributed by atoms with Crippen LogP contribution in [0.5, 0.6) is 0 Å². The van der Waals surface area contributed by atoms with Gasteiger partial charge in [-0.3, -0.25) is 0 Å². The Kier molecular flexibility index (Phi) is 16.7. The standard InChI is InChI=1S/C33H86O21Si16/c1-24-62(25-2,29-28-31-26-27-32-33(30-31)34-32)42-70-52-67(39-59(15,16)17)46-64(36-56(6,7)8)43-63(35-55(3,4)5)44-65(48-67,37-57(9,10)11)50-69(54-70,41-61(21,22)23)51-66(45-63,38-58(12,13)14)49-68(47-64,53-70)40-60(18,19)20/h31-33H,24-30H2,1-23H3. The first-order valence-corrected chi connectivity index (χ1v) is 64.4. The maximum absolute atomic E-state index is 7.88. The van der Waals surface area contributed by atoms with Crippen molar-refractivity contribution in [3.8, 4) is 0 Å². The molecule has 0 aromatic heterocycles. The zero-order valence-electron chi connectivity index (χ0n) is 46.3. The van der Waals surface area contributed by atoms with Crippen molar-refractivity contribution < 1.29 is 87.0 Å². The second kappa shape index (κ2) is 19.4. The van der Waals surface area contributed by atoms with Gasteiger partial charge in [-0.25, -0.2) is 0 Å². The summed E-state index contributed by atoms with van der Waals surface area (Å²) in [6, 6.07) is 2.07. The Balaban J connectivity index is 1.62. The average molecular weight is 1270 g/mol. The molecule has 7 aliphatic heterocycles. The summed E-state index contributed by atoms with van der Waals surface area (Å²) in [6.45, 7) is 46.0. The minimum absolute atomic E-state index is 0.324. The second-order valence-corrected chi connectivity index (χ2v) is 84.3. The van der Waals surface area contributed by atoms with Gasteiger partial charge in [0.25, 0.3) is 0 Å². The number of hydrogen-bond acceptors (Lipinski definition) is 21. The maximum Gasteiger partial charge on any atom is 0.651 e. The molecular weight excluding hydrogens is 1180 g/mol. The van der Waals surface area contributed by atoms with Crippen molar-refractivity contribution >= 4 is 139 Å². The van der Waals surface area contributed by atoms with E-state index in [4.69, 9.17) is 87.0 Å². The SMILES string of the molecule is CC[Si](CC)(CCC1CCC2OC2C1)O[Si]12O[Si]3(O[Si](C)(C)C)O[Si]4(O[Si](C)(C)C)O[Si]5(O[Si](C)(C)C)O[Si](O[Si](C)(C)C)(O3)O[Si](O[Si](C)(C)C)(O[Si](O[Si](C)(C)C)(O5)O[Si](O[Si](C)(C)C)(O4)O1)O2. The number of hydrogen-bond donors (Lipinski definition) is 0. The fourth-order valence-corrected chi connectivity index (χ4v) is 76.3. The lowest BCUT2D eigenvalue weighted by Gasteiger charge is -2.61. The molecule has 8 bridgehead atoms. The van der Waals surface area contributed by atoms with E-state index >= 15 is 0 Å². The van der Waals surface area contributed by atoms with Crippen LogP contribution in [0.1, 0.15) is 39.5 Å². The Morgan fingerprint density at radius 2 is 0.557 bits per heavy atom. The molecule has 408 valence electrons. The quantitative estimate of drug-likeness (QED) is 0.0781. The first-order chi connectivity index (χ1) is 31.3. The molecule has 0 N–H and O–H groups in total. The maximum atomic E-state index is 7.88. The number of epoxide rings is 1. The van der Waals surface area contributed by atoms with Crippen LogP contribution in [-0.4, -0.2) is 151 Å². The van der Waals surface area contributed by atoms with E-state index in [1.54, 1.807) is 0 Å². The van der Waals surface area contributed by atoms with Crippen LogP contribution >= 0.6 is 0 Å². The summed E-state index contributed by atoms with van der Waals surface area (Å²) in [7, 11) is -64.0. The summed E-state index contributed by atoms with van der Waals surface area (Å²) in [5, 5.41) is 0. The lowest BCUT2D eigenvalue weighted by atomic mass is 9.88. The normalized spacial score (nSPS) is 40.6. The van der Waals surface area contributed by atoms with Gasteiger partial charge < -0.3 is 87.0 Å². The van der Waals surface area contributed by atoms with Crippen molar-refractivity contribution in [3.05, 3.63) is 0 Å². The van der Waals surface area contributed by atoms with E-state index in [-0.39, 0.29) is 0 Å². The van der Waals surface area contributed by atoms with Crippen molar-refractivity contribution in [1.29, 1.82) is 0 Å². The van der Waals surface area contributed by atoms with Gasteiger partial charge in [0, 0.05) is 0 Å². The Morgan fingerprint density at radius 3 is 0.757 bits per heavy atom. The van der Waals surface area contributed by atoms with Gasteiger partial charge >= 0.3 is 72.4 Å². The molecule has 70 heavy (non-hydrogen) atoms. The lowest BCUT2D eigenvalue weighted by molar-refractivity contribution is -0.129. The number of rotatable bonds is 21. The fraction of sp³-hybridized carbons (Fsp3) is 1.00. The summed E-state index contributed by atoms with van der Waals surface area (Å²) in [5.74, 6) is 0.458. The van der Waals surface area contributed by atoms with Gasteiger partial charge in [-0.1, -0.05) is 20.3 Å². The van der Waals surface area contributed by atoms with Crippen molar-refractivity contribution in [2.45, 2.75) is 207 Å². The highest BCUT2D eigenvalue weighted by atomic mass is 28.7. The van der Waals surface area contributed by atoms with Crippen molar-refractivity contribution in [1.82, 2.24) is 0 Å². The number of ether oxygens (including phenoxy) is 1. The van der Waals surface area contributed by atoms with Gasteiger partial charge in [0.05, 0.1) is 12.2 Å². The van der Waals surface area contributed by atoms with Crippen LogP contribution in [0.3, 0.4) is 0 Å². The minimum atomic E-state index is -5.15. The molecule has 0 amide bonds. The first-order valence-electron chi connectivity index (χ1n) is 25.0. The molecule has 3 atom stereocenters. The summed E-state index contributed by atoms with van der Waals surface area (Å²) in [5.41, 5.74) is 0. The molecule has 21 nitrogen and oxygen atoms in total. The Bertz CT molecular complexity index is 1720. The van der Waals surface area contributed by atoms with Crippen molar-refractivity contribution in [2.75, 3.05) is 0 Å². The van der Waals surface area contributed by atoms with Crippen LogP contribution in [0.4, 0.5) is 0 Å². The van der Waals surface area contributed by atoms with Gasteiger partial charge in [-0.2, -0.15) is 0 Å². The summed E-state index contributed by atoms with van der Waals surface area (Å²) >= 11 is 0. The largest absolute Gasteiger partial charge is 0.651 e. The Labute approximate surface area is 436 Å². The molecule has 7 saturated heterocycles. The zero-order chi connectivity index (χ0) is 52.5. The van der Waals surface area contributed by atoms with Gasteiger partial charge in [-0.15, -0.1) is 0 Å². The minimum Gasteiger partial charge on any atom is -0.396 e. The number of fused-ring (bicyclic) bond motifs is 1. The van der Waals surface area contributed by atoms with Crippen LogP contribution in [-0.2, 0) is 87.0 Å². The molecule has 0 spiro atoms. The van der Waals surface area contributed by atoms with Crippen molar-refractivity contribution in [2.24, 2.45) is 5.92 Å². The van der Waals surface area contributed by atoms with Crippen molar-refractivity contribution in [3.63, 3.8) is 0 Å². The van der Waals surface area contributed by atoms with Gasteiger partial charge in [0.1, 0.15) is 0 Å². The Hall–Kier alpha value is 2.63. The molecule has 1 aliphatic carbocycles. The molecule has 0 aromatic rings. The summed E-state index contributed by atoms with van der Waals surface area (Å²) in [6.07, 6.45) is 4.78. The third-order valence-electron chi connectivity index (χ3n) is 10.8. The summed E-state index contributed by atoms with van der Waals surface area (Å²) < 4.78 is 156. The fourth-order valence-electron chi connectivity index (χ4n) is 8.74. The van der Waals surface area contributed by atoms with Crippen LogP contribution in [0.15, 0.2) is 0 Å². The van der Waals surface area contributed by atoms with Gasteiger partial charge in [-0.05, 0) is 181 Å². The highest BCUT2D eigenvalue weighted by Crippen LogP contribution is 2.54.